The van der Waals surface area contributed by atoms with Crippen molar-refractivity contribution in [3.05, 3.63) is 35.6 Å². The first-order chi connectivity index (χ1) is 9.76. The molecule has 0 spiro atoms. The van der Waals surface area contributed by atoms with E-state index in [1.165, 1.54) is 17.0 Å². The van der Waals surface area contributed by atoms with Crippen molar-refractivity contribution in [3.63, 3.8) is 0 Å². The van der Waals surface area contributed by atoms with Gasteiger partial charge >= 0.3 is 6.09 Å². The Bertz CT molecular complexity index is 551. The number of hydrogen-bond acceptors (Lipinski definition) is 3. The van der Waals surface area contributed by atoms with E-state index in [0.29, 0.717) is 18.5 Å². The summed E-state index contributed by atoms with van der Waals surface area (Å²) in [6.07, 6.45) is 0.00943. The number of ether oxygens (including phenoxy) is 1. The quantitative estimate of drug-likeness (QED) is 0.799. The number of halogens is 1. The van der Waals surface area contributed by atoms with Gasteiger partial charge in [0.25, 0.3) is 0 Å². The number of carbonyl (C=O) groups excluding carboxylic acids is 2. The van der Waals surface area contributed by atoms with E-state index in [-0.39, 0.29) is 24.1 Å². The molecule has 0 aromatic heterocycles. The van der Waals surface area contributed by atoms with E-state index in [0.717, 1.165) is 0 Å². The number of Topliss-reactive ketones (excluding diaryl/α,β-unsaturated/α-hetero) is 1. The van der Waals surface area contributed by atoms with E-state index in [9.17, 15) is 14.0 Å². The van der Waals surface area contributed by atoms with Gasteiger partial charge < -0.3 is 9.64 Å². The number of amides is 1. The third-order valence-electron chi connectivity index (χ3n) is 3.33. The zero-order chi connectivity index (χ0) is 15.6. The summed E-state index contributed by atoms with van der Waals surface area (Å²) in [7, 11) is 0. The number of rotatable bonds is 1. The molecule has 1 atom stereocenters. The molecule has 1 fully saturated rings. The molecular weight excluding hydrogens is 273 g/mol. The number of carbonyl (C=O) groups is 2. The Morgan fingerprint density at radius 1 is 1.38 bits per heavy atom. The summed E-state index contributed by atoms with van der Waals surface area (Å²) in [4.78, 5) is 25.6. The van der Waals surface area contributed by atoms with E-state index < -0.39 is 11.7 Å². The molecule has 1 aliphatic heterocycles. The number of piperidine rings is 1. The Labute approximate surface area is 123 Å². The molecule has 1 amide bonds. The van der Waals surface area contributed by atoms with Crippen LogP contribution >= 0.6 is 0 Å². The van der Waals surface area contributed by atoms with Crippen LogP contribution in [0.25, 0.3) is 0 Å². The molecule has 1 aromatic carbocycles. The van der Waals surface area contributed by atoms with Crippen LogP contribution in [-0.2, 0) is 9.53 Å². The normalized spacial score (nSPS) is 19.5. The summed E-state index contributed by atoms with van der Waals surface area (Å²) in [5, 5.41) is 0. The third-order valence-corrected chi connectivity index (χ3v) is 3.33. The second kappa shape index (κ2) is 5.84. The molecule has 2 rings (SSSR count). The first-order valence-corrected chi connectivity index (χ1v) is 7.02. The first-order valence-electron chi connectivity index (χ1n) is 7.02. The van der Waals surface area contributed by atoms with E-state index >= 15 is 0 Å². The molecule has 114 valence electrons. The second-order valence-electron chi connectivity index (χ2n) is 6.26. The molecule has 0 bridgehead atoms. The predicted molar refractivity (Wildman–Crippen MR) is 76.6 cm³/mol. The summed E-state index contributed by atoms with van der Waals surface area (Å²) < 4.78 is 18.5. The van der Waals surface area contributed by atoms with E-state index in [1.54, 1.807) is 32.9 Å². The molecule has 0 radical (unpaired) electrons. The van der Waals surface area contributed by atoms with Crippen molar-refractivity contribution in [2.24, 2.45) is 0 Å². The van der Waals surface area contributed by atoms with Crippen molar-refractivity contribution < 1.29 is 18.7 Å². The molecule has 0 unspecified atom stereocenters. The number of hydrogen-bond donors (Lipinski definition) is 0. The maximum atomic E-state index is 13.2. The molecule has 1 aliphatic rings. The van der Waals surface area contributed by atoms with Crippen molar-refractivity contribution in [1.82, 2.24) is 4.90 Å². The largest absolute Gasteiger partial charge is 0.444 e. The van der Waals surface area contributed by atoms with Gasteiger partial charge in [-0.15, -0.1) is 0 Å². The first kappa shape index (κ1) is 15.5. The maximum Gasteiger partial charge on any atom is 0.410 e. The number of likely N-dealkylation sites (tertiary alicyclic amines) is 1. The summed E-state index contributed by atoms with van der Waals surface area (Å²) in [5.41, 5.74) is 0.0864. The Hall–Kier alpha value is -1.91. The lowest BCUT2D eigenvalue weighted by atomic mass is 9.88. The minimum atomic E-state index is -0.584. The molecule has 0 N–H and O–H groups in total. The summed E-state index contributed by atoms with van der Waals surface area (Å²) in [6, 6.07) is 6.07. The van der Waals surface area contributed by atoms with Crippen molar-refractivity contribution >= 4 is 11.9 Å². The lowest BCUT2D eigenvalue weighted by Gasteiger charge is -2.32. The van der Waals surface area contributed by atoms with Gasteiger partial charge in [-0.3, -0.25) is 4.79 Å². The smallest absolute Gasteiger partial charge is 0.410 e. The molecular formula is C16H20FNO3. The molecule has 1 heterocycles. The predicted octanol–water partition coefficient (Wildman–Crippen LogP) is 3.12. The minimum Gasteiger partial charge on any atom is -0.444 e. The topological polar surface area (TPSA) is 46.6 Å². The van der Waals surface area contributed by atoms with Gasteiger partial charge in [0.05, 0.1) is 6.54 Å². The van der Waals surface area contributed by atoms with Gasteiger partial charge in [-0.1, -0.05) is 12.1 Å². The number of ketones is 1. The highest BCUT2D eigenvalue weighted by Crippen LogP contribution is 2.26. The van der Waals surface area contributed by atoms with E-state index in [2.05, 4.69) is 0 Å². The summed E-state index contributed by atoms with van der Waals surface area (Å²) >= 11 is 0. The van der Waals surface area contributed by atoms with Crippen LogP contribution in [0.5, 0.6) is 0 Å². The van der Waals surface area contributed by atoms with Crippen LogP contribution in [0.2, 0.25) is 0 Å². The zero-order valence-electron chi connectivity index (χ0n) is 12.6. The Morgan fingerprint density at radius 2 is 2.10 bits per heavy atom. The molecule has 0 aliphatic carbocycles. The maximum absolute atomic E-state index is 13.2. The highest BCUT2D eigenvalue weighted by atomic mass is 19.1. The SMILES string of the molecule is CC(C)(C)OC(=O)N1CC[C@@H](c2cccc(F)c2)C(=O)C1. The Balaban J connectivity index is 2.03. The van der Waals surface area contributed by atoms with Gasteiger partial charge in [-0.05, 0) is 44.9 Å². The Morgan fingerprint density at radius 3 is 2.67 bits per heavy atom. The van der Waals surface area contributed by atoms with Gasteiger partial charge in [0, 0.05) is 12.5 Å². The molecule has 1 saturated heterocycles. The Kier molecular flexibility index (Phi) is 4.30. The zero-order valence-corrected chi connectivity index (χ0v) is 12.6. The number of benzene rings is 1. The van der Waals surface area contributed by atoms with Crippen molar-refractivity contribution in [2.45, 2.75) is 38.7 Å². The summed E-state index contributed by atoms with van der Waals surface area (Å²) in [6.45, 7) is 5.79. The van der Waals surface area contributed by atoms with E-state index in [1.807, 2.05) is 0 Å². The van der Waals surface area contributed by atoms with Crippen LogP contribution in [0.4, 0.5) is 9.18 Å². The lowest BCUT2D eigenvalue weighted by Crippen LogP contribution is -2.45. The van der Waals surface area contributed by atoms with Crippen LogP contribution < -0.4 is 0 Å². The van der Waals surface area contributed by atoms with Crippen LogP contribution in [0.15, 0.2) is 24.3 Å². The van der Waals surface area contributed by atoms with Crippen molar-refractivity contribution in [2.75, 3.05) is 13.1 Å². The highest BCUT2D eigenvalue weighted by molar-refractivity contribution is 5.90. The summed E-state index contributed by atoms with van der Waals surface area (Å²) in [5.74, 6) is -0.785. The minimum absolute atomic E-state index is 0.0100. The third kappa shape index (κ3) is 4.03. The standard InChI is InChI=1S/C16H20FNO3/c1-16(2,3)21-15(20)18-8-7-13(14(19)10-18)11-5-4-6-12(17)9-11/h4-6,9,13H,7-8,10H2,1-3H3/t13-/m0/s1. The fourth-order valence-corrected chi connectivity index (χ4v) is 2.38. The average molecular weight is 293 g/mol. The van der Waals surface area contributed by atoms with Crippen LogP contribution in [0, 0.1) is 5.82 Å². The van der Waals surface area contributed by atoms with Gasteiger partial charge in [0.1, 0.15) is 11.4 Å². The fraction of sp³-hybridized carbons (Fsp3) is 0.500. The van der Waals surface area contributed by atoms with Crippen LogP contribution in [0.3, 0.4) is 0 Å². The molecule has 1 aromatic rings. The van der Waals surface area contributed by atoms with Crippen LogP contribution in [-0.4, -0.2) is 35.5 Å². The van der Waals surface area contributed by atoms with Gasteiger partial charge in [0.15, 0.2) is 5.78 Å². The monoisotopic (exact) mass is 293 g/mol. The van der Waals surface area contributed by atoms with Crippen molar-refractivity contribution in [3.8, 4) is 0 Å². The van der Waals surface area contributed by atoms with Crippen LogP contribution in [0.1, 0.15) is 38.7 Å². The average Bonchev–Trinajstić information content (AvgIpc) is 2.36. The van der Waals surface area contributed by atoms with Crippen molar-refractivity contribution in [1.29, 1.82) is 0 Å². The fourth-order valence-electron chi connectivity index (χ4n) is 2.38. The lowest BCUT2D eigenvalue weighted by molar-refractivity contribution is -0.123. The highest BCUT2D eigenvalue weighted by Gasteiger charge is 2.32. The van der Waals surface area contributed by atoms with Gasteiger partial charge in [-0.2, -0.15) is 0 Å². The van der Waals surface area contributed by atoms with Gasteiger partial charge in [-0.25, -0.2) is 9.18 Å². The second-order valence-corrected chi connectivity index (χ2v) is 6.26. The molecule has 4 nitrogen and oxygen atoms in total. The number of nitrogens with zero attached hydrogens (tertiary/aromatic N) is 1. The molecule has 5 heteroatoms. The van der Waals surface area contributed by atoms with Gasteiger partial charge in [0.2, 0.25) is 0 Å². The molecule has 21 heavy (non-hydrogen) atoms. The van der Waals surface area contributed by atoms with E-state index in [4.69, 9.17) is 4.74 Å². The molecule has 0 saturated carbocycles.